The second kappa shape index (κ2) is 5.08. The molecule has 0 aliphatic heterocycles. The van der Waals surface area contributed by atoms with Crippen molar-refractivity contribution in [2.45, 2.75) is 13.0 Å². The van der Waals surface area contributed by atoms with Crippen LogP contribution in [0, 0.1) is 17.5 Å². The maximum absolute atomic E-state index is 13.0. The molecule has 0 fully saturated rings. The molecule has 2 rings (SSSR count). The zero-order valence-electron chi connectivity index (χ0n) is 9.62. The molecule has 0 spiro atoms. The third kappa shape index (κ3) is 2.61. The predicted octanol–water partition coefficient (Wildman–Crippen LogP) is 3.67. The molecule has 0 radical (unpaired) electrons. The minimum absolute atomic E-state index is 0.183. The molecule has 1 heterocycles. The van der Waals surface area contributed by atoms with Gasteiger partial charge in [0.2, 0.25) is 0 Å². The highest BCUT2D eigenvalue weighted by atomic mass is 19.2. The topological polar surface area (TPSA) is 24.9 Å². The molecule has 0 aliphatic carbocycles. The van der Waals surface area contributed by atoms with Crippen molar-refractivity contribution in [1.82, 2.24) is 4.98 Å². The number of halogens is 3. The van der Waals surface area contributed by atoms with E-state index in [4.69, 9.17) is 0 Å². The molecule has 1 unspecified atom stereocenters. The molecule has 0 bridgehead atoms. The van der Waals surface area contributed by atoms with Gasteiger partial charge in [-0.3, -0.25) is 4.98 Å². The monoisotopic (exact) mass is 252 g/mol. The van der Waals surface area contributed by atoms with Crippen LogP contribution in [0.25, 0.3) is 0 Å². The van der Waals surface area contributed by atoms with Gasteiger partial charge < -0.3 is 5.32 Å². The van der Waals surface area contributed by atoms with Crippen LogP contribution in [-0.2, 0) is 0 Å². The summed E-state index contributed by atoms with van der Waals surface area (Å²) in [5.41, 5.74) is 1.05. The van der Waals surface area contributed by atoms with E-state index in [9.17, 15) is 13.2 Å². The molecule has 5 heteroatoms. The lowest BCUT2D eigenvalue weighted by Crippen LogP contribution is -2.08. The van der Waals surface area contributed by atoms with Crippen LogP contribution in [0.4, 0.5) is 18.9 Å². The summed E-state index contributed by atoms with van der Waals surface area (Å²) in [7, 11) is 0. The standard InChI is InChI=1S/C13H11F3N2/c1-8(9-3-2-4-17-7-9)18-10-5-11(14)13(16)12(15)6-10/h2-8,18H,1H3. The highest BCUT2D eigenvalue weighted by Crippen LogP contribution is 2.22. The third-order valence-electron chi connectivity index (χ3n) is 2.55. The molecule has 94 valence electrons. The van der Waals surface area contributed by atoms with E-state index in [1.54, 1.807) is 18.5 Å². The quantitative estimate of drug-likeness (QED) is 0.843. The van der Waals surface area contributed by atoms with Gasteiger partial charge in [-0.2, -0.15) is 0 Å². The van der Waals surface area contributed by atoms with Crippen molar-refractivity contribution in [3.05, 3.63) is 59.7 Å². The molecule has 1 aromatic carbocycles. The van der Waals surface area contributed by atoms with Gasteiger partial charge >= 0.3 is 0 Å². The molecule has 18 heavy (non-hydrogen) atoms. The second-order valence-corrected chi connectivity index (χ2v) is 3.91. The zero-order chi connectivity index (χ0) is 13.1. The van der Waals surface area contributed by atoms with Crippen molar-refractivity contribution in [3.63, 3.8) is 0 Å². The van der Waals surface area contributed by atoms with E-state index in [1.807, 2.05) is 13.0 Å². The number of anilines is 1. The molecular formula is C13H11F3N2. The van der Waals surface area contributed by atoms with E-state index < -0.39 is 17.5 Å². The maximum atomic E-state index is 13.0. The van der Waals surface area contributed by atoms with Gasteiger partial charge in [0, 0.05) is 30.2 Å². The highest BCUT2D eigenvalue weighted by molar-refractivity contribution is 5.46. The molecule has 2 nitrogen and oxygen atoms in total. The summed E-state index contributed by atoms with van der Waals surface area (Å²) in [4.78, 5) is 3.95. The largest absolute Gasteiger partial charge is 0.378 e. The van der Waals surface area contributed by atoms with Gasteiger partial charge in [-0.25, -0.2) is 13.2 Å². The third-order valence-corrected chi connectivity index (χ3v) is 2.55. The molecule has 0 saturated carbocycles. The first-order chi connectivity index (χ1) is 8.58. The summed E-state index contributed by atoms with van der Waals surface area (Å²) in [6.45, 7) is 1.82. The fraction of sp³-hybridized carbons (Fsp3) is 0.154. The lowest BCUT2D eigenvalue weighted by atomic mass is 10.1. The van der Waals surface area contributed by atoms with Crippen LogP contribution in [0.3, 0.4) is 0 Å². The van der Waals surface area contributed by atoms with Crippen molar-refractivity contribution >= 4 is 5.69 Å². The Morgan fingerprint density at radius 1 is 1.17 bits per heavy atom. The number of nitrogens with zero attached hydrogens (tertiary/aromatic N) is 1. The molecule has 1 N–H and O–H groups in total. The first-order valence-corrected chi connectivity index (χ1v) is 5.39. The molecule has 0 amide bonds. The number of hydrogen-bond acceptors (Lipinski definition) is 2. The van der Waals surface area contributed by atoms with E-state index >= 15 is 0 Å². The normalized spacial score (nSPS) is 12.2. The number of nitrogens with one attached hydrogen (secondary N) is 1. The van der Waals surface area contributed by atoms with Crippen LogP contribution in [0.1, 0.15) is 18.5 Å². The van der Waals surface area contributed by atoms with Gasteiger partial charge in [-0.15, -0.1) is 0 Å². The van der Waals surface area contributed by atoms with Crippen molar-refractivity contribution in [1.29, 1.82) is 0 Å². The Labute approximate surface area is 102 Å². The highest BCUT2D eigenvalue weighted by Gasteiger charge is 2.12. The molecule has 0 saturated heterocycles. The summed E-state index contributed by atoms with van der Waals surface area (Å²) >= 11 is 0. The predicted molar refractivity (Wildman–Crippen MR) is 62.6 cm³/mol. The Balaban J connectivity index is 2.20. The van der Waals surface area contributed by atoms with E-state index in [-0.39, 0.29) is 11.7 Å². The van der Waals surface area contributed by atoms with Crippen molar-refractivity contribution in [2.75, 3.05) is 5.32 Å². The minimum atomic E-state index is -1.46. The summed E-state index contributed by atoms with van der Waals surface area (Å²) in [5, 5.41) is 2.88. The number of hydrogen-bond donors (Lipinski definition) is 1. The smallest absolute Gasteiger partial charge is 0.194 e. The number of rotatable bonds is 3. The lowest BCUT2D eigenvalue weighted by molar-refractivity contribution is 0.447. The lowest BCUT2D eigenvalue weighted by Gasteiger charge is -2.15. The Bertz CT molecular complexity index is 520. The van der Waals surface area contributed by atoms with E-state index in [0.29, 0.717) is 0 Å². The van der Waals surface area contributed by atoms with Crippen molar-refractivity contribution in [3.8, 4) is 0 Å². The van der Waals surface area contributed by atoms with E-state index in [2.05, 4.69) is 10.3 Å². The van der Waals surface area contributed by atoms with Gasteiger partial charge in [0.05, 0.1) is 6.04 Å². The van der Waals surface area contributed by atoms with Gasteiger partial charge in [-0.1, -0.05) is 6.07 Å². The van der Waals surface area contributed by atoms with Crippen LogP contribution in [0.5, 0.6) is 0 Å². The van der Waals surface area contributed by atoms with Crippen molar-refractivity contribution in [2.24, 2.45) is 0 Å². The van der Waals surface area contributed by atoms with Gasteiger partial charge in [0.15, 0.2) is 17.5 Å². The summed E-state index contributed by atoms with van der Waals surface area (Å²) in [6, 6.07) is 5.25. The Morgan fingerprint density at radius 3 is 2.39 bits per heavy atom. The van der Waals surface area contributed by atoms with Gasteiger partial charge in [0.1, 0.15) is 0 Å². The molecule has 2 aromatic rings. The number of aromatic nitrogens is 1. The van der Waals surface area contributed by atoms with Crippen molar-refractivity contribution < 1.29 is 13.2 Å². The summed E-state index contributed by atoms with van der Waals surface area (Å²) < 4.78 is 38.8. The zero-order valence-corrected chi connectivity index (χ0v) is 9.62. The Morgan fingerprint density at radius 2 is 1.83 bits per heavy atom. The Kier molecular flexibility index (Phi) is 3.50. The fourth-order valence-corrected chi connectivity index (χ4v) is 1.60. The van der Waals surface area contributed by atoms with Crippen LogP contribution < -0.4 is 5.32 Å². The molecule has 0 aliphatic rings. The van der Waals surface area contributed by atoms with Crippen LogP contribution >= 0.6 is 0 Å². The summed E-state index contributed by atoms with van der Waals surface area (Å²) in [5.74, 6) is -3.89. The molecule has 1 atom stereocenters. The average molecular weight is 252 g/mol. The molecular weight excluding hydrogens is 241 g/mol. The molecule has 1 aromatic heterocycles. The number of benzene rings is 1. The first-order valence-electron chi connectivity index (χ1n) is 5.39. The van der Waals surface area contributed by atoms with E-state index in [1.165, 1.54) is 0 Å². The van der Waals surface area contributed by atoms with Crippen LogP contribution in [0.15, 0.2) is 36.7 Å². The summed E-state index contributed by atoms with van der Waals surface area (Å²) in [6.07, 6.45) is 3.28. The van der Waals surface area contributed by atoms with E-state index in [0.717, 1.165) is 17.7 Å². The number of pyridine rings is 1. The second-order valence-electron chi connectivity index (χ2n) is 3.91. The minimum Gasteiger partial charge on any atom is -0.378 e. The van der Waals surface area contributed by atoms with Gasteiger partial charge in [-0.05, 0) is 18.6 Å². The van der Waals surface area contributed by atoms with Crippen LogP contribution in [-0.4, -0.2) is 4.98 Å². The van der Waals surface area contributed by atoms with Crippen LogP contribution in [0.2, 0.25) is 0 Å². The van der Waals surface area contributed by atoms with Gasteiger partial charge in [0.25, 0.3) is 0 Å². The SMILES string of the molecule is CC(Nc1cc(F)c(F)c(F)c1)c1cccnc1. The first kappa shape index (κ1) is 12.4. The fourth-order valence-electron chi connectivity index (χ4n) is 1.60. The Hall–Kier alpha value is -2.04. The maximum Gasteiger partial charge on any atom is 0.194 e. The average Bonchev–Trinajstić information content (AvgIpc) is 2.37.